The van der Waals surface area contributed by atoms with E-state index in [-0.39, 0.29) is 6.10 Å². The maximum Gasteiger partial charge on any atom is 0.407 e. The fourth-order valence-electron chi connectivity index (χ4n) is 3.48. The van der Waals surface area contributed by atoms with Gasteiger partial charge < -0.3 is 19.5 Å². The van der Waals surface area contributed by atoms with Crippen LogP contribution in [0.5, 0.6) is 11.5 Å². The van der Waals surface area contributed by atoms with Crippen LogP contribution in [-0.4, -0.2) is 47.4 Å². The largest absolute Gasteiger partial charge is 0.497 e. The number of piperidine rings is 1. The number of hydrogen-bond acceptors (Lipinski definition) is 4. The second-order valence-electron chi connectivity index (χ2n) is 6.89. The van der Waals surface area contributed by atoms with Gasteiger partial charge in [-0.2, -0.15) is 0 Å². The van der Waals surface area contributed by atoms with E-state index in [1.165, 1.54) is 4.90 Å². The van der Waals surface area contributed by atoms with Crippen molar-refractivity contribution >= 4 is 17.0 Å². The van der Waals surface area contributed by atoms with Crippen molar-refractivity contribution in [3.8, 4) is 22.6 Å². The highest BCUT2D eigenvalue weighted by Crippen LogP contribution is 2.27. The molecule has 1 N–H and O–H groups in total. The highest BCUT2D eigenvalue weighted by molar-refractivity contribution is 5.84. The summed E-state index contributed by atoms with van der Waals surface area (Å²) in [5.74, 6) is 1.61. The molecular weight excluding hydrogens is 356 g/mol. The van der Waals surface area contributed by atoms with Crippen molar-refractivity contribution in [3.05, 3.63) is 54.7 Å². The van der Waals surface area contributed by atoms with Crippen molar-refractivity contribution in [2.45, 2.75) is 18.9 Å². The number of ether oxygens (including phenoxy) is 2. The third kappa shape index (κ3) is 3.86. The molecule has 1 aliphatic rings. The molecule has 1 aromatic heterocycles. The van der Waals surface area contributed by atoms with Crippen LogP contribution in [0, 0.1) is 0 Å². The number of pyridine rings is 1. The number of methoxy groups -OCH3 is 1. The van der Waals surface area contributed by atoms with E-state index in [1.807, 2.05) is 48.7 Å². The second kappa shape index (κ2) is 7.76. The van der Waals surface area contributed by atoms with Crippen molar-refractivity contribution in [2.24, 2.45) is 0 Å². The van der Waals surface area contributed by atoms with Crippen LogP contribution in [0.1, 0.15) is 12.8 Å². The third-order valence-electron chi connectivity index (χ3n) is 5.09. The molecule has 0 bridgehead atoms. The van der Waals surface area contributed by atoms with Crippen LogP contribution in [0.15, 0.2) is 54.7 Å². The molecule has 1 aliphatic heterocycles. The molecule has 0 aliphatic carbocycles. The number of hydrogen-bond donors (Lipinski definition) is 1. The summed E-state index contributed by atoms with van der Waals surface area (Å²) in [7, 11) is 1.66. The van der Waals surface area contributed by atoms with Crippen LogP contribution in [-0.2, 0) is 0 Å². The number of rotatable bonds is 4. The predicted octanol–water partition coefficient (Wildman–Crippen LogP) is 4.43. The number of aromatic nitrogens is 1. The average molecular weight is 378 g/mol. The van der Waals surface area contributed by atoms with Gasteiger partial charge in [-0.15, -0.1) is 0 Å². The van der Waals surface area contributed by atoms with Gasteiger partial charge >= 0.3 is 6.09 Å². The molecule has 3 aromatic rings. The van der Waals surface area contributed by atoms with Crippen molar-refractivity contribution in [1.82, 2.24) is 9.88 Å². The molecule has 1 fully saturated rings. The van der Waals surface area contributed by atoms with Gasteiger partial charge in [-0.25, -0.2) is 4.79 Å². The summed E-state index contributed by atoms with van der Waals surface area (Å²) in [5.41, 5.74) is 3.02. The Labute approximate surface area is 163 Å². The zero-order valence-electron chi connectivity index (χ0n) is 15.7. The zero-order valence-corrected chi connectivity index (χ0v) is 15.7. The highest BCUT2D eigenvalue weighted by Gasteiger charge is 2.23. The Hall–Kier alpha value is -3.28. The van der Waals surface area contributed by atoms with E-state index >= 15 is 0 Å². The van der Waals surface area contributed by atoms with Gasteiger partial charge in [-0.1, -0.05) is 12.1 Å². The Morgan fingerprint density at radius 2 is 1.75 bits per heavy atom. The maximum atomic E-state index is 11.0. The first-order valence-corrected chi connectivity index (χ1v) is 9.31. The van der Waals surface area contributed by atoms with Gasteiger partial charge in [-0.3, -0.25) is 4.98 Å². The van der Waals surface area contributed by atoms with Gasteiger partial charge in [0.25, 0.3) is 0 Å². The topological polar surface area (TPSA) is 71.9 Å². The molecule has 6 nitrogen and oxygen atoms in total. The molecule has 0 atom stereocenters. The molecule has 1 amide bonds. The fraction of sp³-hybridized carbons (Fsp3) is 0.273. The molecule has 28 heavy (non-hydrogen) atoms. The van der Waals surface area contributed by atoms with Gasteiger partial charge in [0.15, 0.2) is 0 Å². The number of benzene rings is 2. The smallest absolute Gasteiger partial charge is 0.407 e. The van der Waals surface area contributed by atoms with Crippen LogP contribution in [0.3, 0.4) is 0 Å². The highest BCUT2D eigenvalue weighted by atomic mass is 16.5. The Balaban J connectivity index is 1.46. The van der Waals surface area contributed by atoms with E-state index in [0.29, 0.717) is 25.9 Å². The minimum atomic E-state index is -0.857. The molecule has 0 unspecified atom stereocenters. The summed E-state index contributed by atoms with van der Waals surface area (Å²) < 4.78 is 11.3. The summed E-state index contributed by atoms with van der Waals surface area (Å²) >= 11 is 0. The summed E-state index contributed by atoms with van der Waals surface area (Å²) in [4.78, 5) is 16.9. The molecule has 144 valence electrons. The Morgan fingerprint density at radius 1 is 1.04 bits per heavy atom. The lowest BCUT2D eigenvalue weighted by atomic mass is 10.0. The number of nitrogens with zero attached hydrogens (tertiary/aromatic N) is 2. The molecular formula is C22H22N2O4. The molecule has 1 saturated heterocycles. The minimum Gasteiger partial charge on any atom is -0.497 e. The lowest BCUT2D eigenvalue weighted by molar-refractivity contribution is 0.0895. The average Bonchev–Trinajstić information content (AvgIpc) is 2.74. The fourth-order valence-corrected chi connectivity index (χ4v) is 3.48. The maximum absolute atomic E-state index is 11.0. The number of carboxylic acid groups (broad SMARTS) is 1. The van der Waals surface area contributed by atoms with Gasteiger partial charge in [0.1, 0.15) is 17.6 Å². The van der Waals surface area contributed by atoms with Gasteiger partial charge in [0.05, 0.1) is 12.6 Å². The van der Waals surface area contributed by atoms with E-state index < -0.39 is 6.09 Å². The first-order chi connectivity index (χ1) is 13.6. The first-order valence-electron chi connectivity index (χ1n) is 9.31. The van der Waals surface area contributed by atoms with Crippen molar-refractivity contribution in [3.63, 3.8) is 0 Å². The number of fused-ring (bicyclic) bond motifs is 1. The third-order valence-corrected chi connectivity index (χ3v) is 5.09. The normalized spacial score (nSPS) is 14.8. The lowest BCUT2D eigenvalue weighted by Crippen LogP contribution is -2.41. The molecule has 4 rings (SSSR count). The van der Waals surface area contributed by atoms with Gasteiger partial charge in [0, 0.05) is 43.1 Å². The van der Waals surface area contributed by atoms with E-state index in [1.54, 1.807) is 7.11 Å². The van der Waals surface area contributed by atoms with Crippen molar-refractivity contribution < 1.29 is 19.4 Å². The van der Waals surface area contributed by atoms with Crippen LogP contribution in [0.2, 0.25) is 0 Å². The monoisotopic (exact) mass is 378 g/mol. The molecule has 0 saturated carbocycles. The quantitative estimate of drug-likeness (QED) is 0.727. The Bertz CT molecular complexity index is 979. The van der Waals surface area contributed by atoms with E-state index in [0.717, 1.165) is 33.5 Å². The molecule has 2 aromatic carbocycles. The summed E-state index contributed by atoms with van der Waals surface area (Å²) in [6.45, 7) is 1.04. The molecule has 2 heterocycles. The zero-order chi connectivity index (χ0) is 19.5. The molecule has 0 radical (unpaired) electrons. The minimum absolute atomic E-state index is 0.0521. The summed E-state index contributed by atoms with van der Waals surface area (Å²) in [5, 5.41) is 10.1. The van der Waals surface area contributed by atoms with E-state index in [9.17, 15) is 4.79 Å². The van der Waals surface area contributed by atoms with Gasteiger partial charge in [0.2, 0.25) is 0 Å². The SMILES string of the molecule is COc1ccc2ncc(-c3ccc(OC4CCN(C(=O)O)CC4)cc3)cc2c1. The van der Waals surface area contributed by atoms with Crippen molar-refractivity contribution in [2.75, 3.05) is 20.2 Å². The van der Waals surface area contributed by atoms with Crippen LogP contribution in [0.25, 0.3) is 22.0 Å². The predicted molar refractivity (Wildman–Crippen MR) is 107 cm³/mol. The van der Waals surface area contributed by atoms with Crippen molar-refractivity contribution in [1.29, 1.82) is 0 Å². The van der Waals surface area contributed by atoms with E-state index in [4.69, 9.17) is 14.6 Å². The second-order valence-corrected chi connectivity index (χ2v) is 6.89. The Kier molecular flexibility index (Phi) is 5.02. The van der Waals surface area contributed by atoms with Crippen LogP contribution in [0.4, 0.5) is 4.79 Å². The van der Waals surface area contributed by atoms with Crippen LogP contribution >= 0.6 is 0 Å². The number of likely N-dealkylation sites (tertiary alicyclic amines) is 1. The lowest BCUT2D eigenvalue weighted by Gasteiger charge is -2.30. The summed E-state index contributed by atoms with van der Waals surface area (Å²) in [6.07, 6.45) is 2.49. The molecule has 0 spiro atoms. The van der Waals surface area contributed by atoms with Crippen LogP contribution < -0.4 is 9.47 Å². The number of carbonyl (C=O) groups is 1. The standard InChI is InChI=1S/C22H22N2O4/c1-27-20-6-7-21-16(13-20)12-17(14-23-21)15-2-4-18(5-3-15)28-19-8-10-24(11-9-19)22(25)26/h2-7,12-14,19H,8-11H2,1H3,(H,25,26). The molecule has 6 heteroatoms. The first kappa shape index (κ1) is 18.1. The van der Waals surface area contributed by atoms with Gasteiger partial charge in [-0.05, 0) is 42.0 Å². The number of amides is 1. The van der Waals surface area contributed by atoms with E-state index in [2.05, 4.69) is 11.1 Å². The Morgan fingerprint density at radius 3 is 2.43 bits per heavy atom. The summed E-state index contributed by atoms with van der Waals surface area (Å²) in [6, 6.07) is 15.9.